The Morgan fingerprint density at radius 2 is 1.83 bits per heavy atom. The summed E-state index contributed by atoms with van der Waals surface area (Å²) in [5.74, 6) is 0.338. The van der Waals surface area contributed by atoms with E-state index in [1.165, 1.54) is 4.90 Å². The first kappa shape index (κ1) is 14.8. The molecule has 0 unspecified atom stereocenters. The zero-order valence-corrected chi connectivity index (χ0v) is 13.8. The van der Waals surface area contributed by atoms with Crippen molar-refractivity contribution < 1.29 is 14.6 Å². The van der Waals surface area contributed by atoms with E-state index in [1.807, 2.05) is 54.2 Å². The van der Waals surface area contributed by atoms with Crippen LogP contribution >= 0.6 is 0 Å². The number of carbonyl (C=O) groups is 1. The van der Waals surface area contributed by atoms with Crippen molar-refractivity contribution >= 4 is 22.5 Å². The third-order valence-corrected chi connectivity index (χ3v) is 4.86. The fourth-order valence-electron chi connectivity index (χ4n) is 3.59. The number of rotatable bonds is 2. The molecule has 0 fully saturated rings. The molecule has 122 valence electrons. The normalized spacial score (nSPS) is 19.8. The number of nitrogens with zero attached hydrogens (tertiary/aromatic N) is 2. The number of aryl methyl sites for hydroxylation is 1. The van der Waals surface area contributed by atoms with Crippen molar-refractivity contribution in [2.45, 2.75) is 5.60 Å². The van der Waals surface area contributed by atoms with Gasteiger partial charge in [0, 0.05) is 42.3 Å². The number of anilines is 1. The number of benzene rings is 2. The van der Waals surface area contributed by atoms with Crippen LogP contribution in [0, 0.1) is 0 Å². The van der Waals surface area contributed by atoms with Gasteiger partial charge in [0.25, 0.3) is 5.91 Å². The van der Waals surface area contributed by atoms with Gasteiger partial charge in [-0.05, 0) is 24.3 Å². The summed E-state index contributed by atoms with van der Waals surface area (Å²) in [7, 11) is 5.18. The molecule has 5 nitrogen and oxygen atoms in total. The maximum atomic E-state index is 12.9. The quantitative estimate of drug-likeness (QED) is 0.788. The molecule has 3 aromatic rings. The highest BCUT2D eigenvalue weighted by molar-refractivity contribution is 6.10. The smallest absolute Gasteiger partial charge is 0.268 e. The maximum absolute atomic E-state index is 12.9. The van der Waals surface area contributed by atoms with Gasteiger partial charge in [-0.2, -0.15) is 0 Å². The van der Waals surface area contributed by atoms with Gasteiger partial charge >= 0.3 is 0 Å². The van der Waals surface area contributed by atoms with Crippen molar-refractivity contribution in [3.63, 3.8) is 0 Å². The molecule has 1 amide bonds. The first-order chi connectivity index (χ1) is 11.5. The standard InChI is InChI=1S/C19H18N2O3/c1-20-11-15(13-10-12(24-3)8-9-16(13)20)19(23)14-6-4-5-7-17(14)21(2)18(19)22/h4-11,23H,1-3H3/t19-/m1/s1. The van der Waals surface area contributed by atoms with Crippen LogP contribution in [0.5, 0.6) is 5.75 Å². The molecule has 2 heterocycles. The molecule has 2 aromatic carbocycles. The number of fused-ring (bicyclic) bond motifs is 2. The van der Waals surface area contributed by atoms with Gasteiger partial charge in [0.15, 0.2) is 5.60 Å². The van der Waals surface area contributed by atoms with Gasteiger partial charge in [-0.15, -0.1) is 0 Å². The van der Waals surface area contributed by atoms with E-state index < -0.39 is 5.60 Å². The van der Waals surface area contributed by atoms with Crippen molar-refractivity contribution in [2.24, 2.45) is 7.05 Å². The number of methoxy groups -OCH3 is 1. The molecular weight excluding hydrogens is 304 g/mol. The number of para-hydroxylation sites is 1. The number of hydrogen-bond acceptors (Lipinski definition) is 3. The van der Waals surface area contributed by atoms with Crippen LogP contribution in [0.3, 0.4) is 0 Å². The third-order valence-electron chi connectivity index (χ3n) is 4.86. The SMILES string of the molecule is COc1ccc2c(c1)c([C@@]1(O)C(=O)N(C)c3ccccc31)cn2C. The van der Waals surface area contributed by atoms with Crippen LogP contribution in [0.1, 0.15) is 11.1 Å². The predicted molar refractivity (Wildman–Crippen MR) is 92.3 cm³/mol. The van der Waals surface area contributed by atoms with Crippen molar-refractivity contribution in [3.8, 4) is 5.75 Å². The molecule has 0 saturated carbocycles. The van der Waals surface area contributed by atoms with Crippen molar-refractivity contribution in [2.75, 3.05) is 19.1 Å². The summed E-state index contributed by atoms with van der Waals surface area (Å²) < 4.78 is 7.23. The molecule has 4 rings (SSSR count). The largest absolute Gasteiger partial charge is 0.497 e. The fourth-order valence-corrected chi connectivity index (χ4v) is 3.59. The summed E-state index contributed by atoms with van der Waals surface area (Å²) in [6.45, 7) is 0. The summed E-state index contributed by atoms with van der Waals surface area (Å²) in [5.41, 5.74) is 1.13. The molecular formula is C19H18N2O3. The van der Waals surface area contributed by atoms with Crippen LogP contribution in [-0.2, 0) is 17.4 Å². The summed E-state index contributed by atoms with van der Waals surface area (Å²) >= 11 is 0. The highest BCUT2D eigenvalue weighted by Crippen LogP contribution is 2.46. The van der Waals surface area contributed by atoms with Crippen molar-refractivity contribution in [1.29, 1.82) is 0 Å². The van der Waals surface area contributed by atoms with E-state index >= 15 is 0 Å². The molecule has 1 aromatic heterocycles. The summed E-state index contributed by atoms with van der Waals surface area (Å²) in [5, 5.41) is 12.3. The summed E-state index contributed by atoms with van der Waals surface area (Å²) in [4.78, 5) is 14.4. The number of carbonyl (C=O) groups excluding carboxylic acids is 1. The van der Waals surface area contributed by atoms with Crippen LogP contribution in [0.4, 0.5) is 5.69 Å². The Morgan fingerprint density at radius 1 is 1.08 bits per heavy atom. The van der Waals surface area contributed by atoms with Gasteiger partial charge in [0.05, 0.1) is 12.8 Å². The number of likely N-dealkylation sites (N-methyl/N-ethyl adjacent to an activating group) is 1. The Morgan fingerprint density at radius 3 is 2.58 bits per heavy atom. The van der Waals surface area contributed by atoms with Crippen LogP contribution in [0.15, 0.2) is 48.7 Å². The summed E-state index contributed by atoms with van der Waals surface area (Å²) in [6, 6.07) is 13.0. The first-order valence-corrected chi connectivity index (χ1v) is 7.72. The third kappa shape index (κ3) is 1.70. The lowest BCUT2D eigenvalue weighted by molar-refractivity contribution is -0.131. The fraction of sp³-hybridized carbons (Fsp3) is 0.211. The lowest BCUT2D eigenvalue weighted by atomic mass is 9.87. The predicted octanol–water partition coefficient (Wildman–Crippen LogP) is 2.40. The Balaban J connectivity index is 2.05. The Labute approximate surface area is 139 Å². The molecule has 0 spiro atoms. The number of hydrogen-bond donors (Lipinski definition) is 1. The Bertz CT molecular complexity index is 976. The van der Waals surface area contributed by atoms with E-state index in [0.717, 1.165) is 16.6 Å². The number of ether oxygens (including phenoxy) is 1. The molecule has 1 aliphatic heterocycles. The average molecular weight is 322 g/mol. The van der Waals surface area contributed by atoms with Crippen molar-refractivity contribution in [1.82, 2.24) is 4.57 Å². The van der Waals surface area contributed by atoms with Gasteiger partial charge in [-0.1, -0.05) is 18.2 Å². The second kappa shape index (κ2) is 4.85. The second-order valence-corrected chi connectivity index (χ2v) is 6.13. The second-order valence-electron chi connectivity index (χ2n) is 6.13. The lowest BCUT2D eigenvalue weighted by Gasteiger charge is -2.21. The molecule has 1 atom stereocenters. The van der Waals surface area contributed by atoms with Gasteiger partial charge in [0.1, 0.15) is 5.75 Å². The van der Waals surface area contributed by atoms with E-state index in [0.29, 0.717) is 16.9 Å². The zero-order chi connectivity index (χ0) is 17.1. The Kier molecular flexibility index (Phi) is 2.99. The van der Waals surface area contributed by atoms with E-state index in [9.17, 15) is 9.90 Å². The minimum Gasteiger partial charge on any atom is -0.497 e. The minimum absolute atomic E-state index is 0.348. The monoisotopic (exact) mass is 322 g/mol. The lowest BCUT2D eigenvalue weighted by Crippen LogP contribution is -2.39. The minimum atomic E-state index is -1.70. The highest BCUT2D eigenvalue weighted by Gasteiger charge is 2.51. The van der Waals surface area contributed by atoms with E-state index in [1.54, 1.807) is 20.2 Å². The average Bonchev–Trinajstić information content (AvgIpc) is 3.04. The molecule has 5 heteroatoms. The van der Waals surface area contributed by atoms with Crippen LogP contribution in [0.2, 0.25) is 0 Å². The molecule has 0 radical (unpaired) electrons. The zero-order valence-electron chi connectivity index (χ0n) is 13.8. The van der Waals surface area contributed by atoms with Crippen molar-refractivity contribution in [3.05, 3.63) is 59.8 Å². The number of amides is 1. The molecule has 24 heavy (non-hydrogen) atoms. The van der Waals surface area contributed by atoms with Gasteiger partial charge in [0.2, 0.25) is 0 Å². The van der Waals surface area contributed by atoms with Gasteiger partial charge < -0.3 is 19.3 Å². The molecule has 0 bridgehead atoms. The van der Waals surface area contributed by atoms with E-state index in [2.05, 4.69) is 0 Å². The number of aliphatic hydroxyl groups is 1. The van der Waals surface area contributed by atoms with Crippen LogP contribution in [-0.4, -0.2) is 29.7 Å². The summed E-state index contributed by atoms with van der Waals surface area (Å²) in [6.07, 6.45) is 1.82. The van der Waals surface area contributed by atoms with Gasteiger partial charge in [-0.25, -0.2) is 0 Å². The molecule has 1 N–H and O–H groups in total. The molecule has 0 aliphatic carbocycles. The topological polar surface area (TPSA) is 54.7 Å². The number of aromatic nitrogens is 1. The first-order valence-electron chi connectivity index (χ1n) is 7.72. The van der Waals surface area contributed by atoms with E-state index in [4.69, 9.17) is 4.74 Å². The van der Waals surface area contributed by atoms with Gasteiger partial charge in [-0.3, -0.25) is 4.79 Å². The molecule has 1 aliphatic rings. The highest BCUT2D eigenvalue weighted by atomic mass is 16.5. The molecule has 0 saturated heterocycles. The van der Waals surface area contributed by atoms with Crippen LogP contribution in [0.25, 0.3) is 10.9 Å². The van der Waals surface area contributed by atoms with E-state index in [-0.39, 0.29) is 5.91 Å². The maximum Gasteiger partial charge on any atom is 0.268 e. The Hall–Kier alpha value is -2.79. The van der Waals surface area contributed by atoms with Crippen LogP contribution < -0.4 is 9.64 Å².